The minimum Gasteiger partial charge on any atom is -0.478 e. The smallest absolute Gasteiger partial charge is 0.338 e. The highest BCUT2D eigenvalue weighted by atomic mass is 19.1. The number of nitrogens with one attached hydrogen (secondary N) is 1. The molecule has 0 unspecified atom stereocenters. The first kappa shape index (κ1) is 15.3. The molecule has 2 N–H and O–H groups in total. The number of rotatable bonds is 5. The third-order valence-corrected chi connectivity index (χ3v) is 3.82. The molecule has 0 atom stereocenters. The summed E-state index contributed by atoms with van der Waals surface area (Å²) in [7, 11) is 0. The van der Waals surface area contributed by atoms with Crippen molar-refractivity contribution in [2.75, 3.05) is 18.4 Å². The number of hydrogen-bond acceptors (Lipinski definition) is 2. The number of amides is 2. The van der Waals surface area contributed by atoms with E-state index in [2.05, 4.69) is 5.32 Å². The van der Waals surface area contributed by atoms with E-state index in [-0.39, 0.29) is 11.7 Å². The van der Waals surface area contributed by atoms with E-state index in [1.807, 2.05) is 6.92 Å². The molecule has 5 nitrogen and oxygen atoms in total. The van der Waals surface area contributed by atoms with Gasteiger partial charge in [-0.3, -0.25) is 0 Å². The summed E-state index contributed by atoms with van der Waals surface area (Å²) in [4.78, 5) is 24.7. The van der Waals surface area contributed by atoms with E-state index in [1.54, 1.807) is 4.90 Å². The number of halogens is 1. The summed E-state index contributed by atoms with van der Waals surface area (Å²) in [6.07, 6.45) is 3.50. The molecule has 21 heavy (non-hydrogen) atoms. The van der Waals surface area contributed by atoms with Gasteiger partial charge in [-0.15, -0.1) is 0 Å². The third-order valence-electron chi connectivity index (χ3n) is 3.82. The van der Waals surface area contributed by atoms with Crippen molar-refractivity contribution in [3.8, 4) is 0 Å². The number of carbonyl (C=O) groups is 2. The van der Waals surface area contributed by atoms with Crippen molar-refractivity contribution in [2.45, 2.75) is 26.2 Å². The standard InChI is InChI=1S/C15H19FN2O3/c1-2-18(9-10-4-3-5-10)15(21)17-11-6-7-13(16)12(8-11)14(19)20/h6-8,10H,2-5,9H2,1H3,(H,17,21)(H,19,20). The summed E-state index contributed by atoms with van der Waals surface area (Å²) in [6.45, 7) is 3.18. The number of carboxylic acid groups (broad SMARTS) is 1. The Hall–Kier alpha value is -2.11. The van der Waals surface area contributed by atoms with Crippen LogP contribution in [0.3, 0.4) is 0 Å². The van der Waals surface area contributed by atoms with Gasteiger partial charge in [-0.25, -0.2) is 14.0 Å². The largest absolute Gasteiger partial charge is 0.478 e. The number of nitrogens with zero attached hydrogens (tertiary/aromatic N) is 1. The molecular weight excluding hydrogens is 275 g/mol. The summed E-state index contributed by atoms with van der Waals surface area (Å²) in [5, 5.41) is 11.5. The Morgan fingerprint density at radius 3 is 2.67 bits per heavy atom. The van der Waals surface area contributed by atoms with Gasteiger partial charge in [-0.05, 0) is 43.9 Å². The molecule has 0 bridgehead atoms. The van der Waals surface area contributed by atoms with E-state index in [0.29, 0.717) is 19.0 Å². The van der Waals surface area contributed by atoms with E-state index >= 15 is 0 Å². The molecule has 6 heteroatoms. The molecule has 1 saturated carbocycles. The summed E-state index contributed by atoms with van der Waals surface area (Å²) < 4.78 is 13.3. The van der Waals surface area contributed by atoms with Crippen LogP contribution < -0.4 is 5.32 Å². The van der Waals surface area contributed by atoms with Gasteiger partial charge >= 0.3 is 12.0 Å². The molecule has 0 saturated heterocycles. The number of urea groups is 1. The zero-order valence-corrected chi connectivity index (χ0v) is 11.9. The van der Waals surface area contributed by atoms with E-state index in [0.717, 1.165) is 25.0 Å². The lowest BCUT2D eigenvalue weighted by atomic mass is 9.85. The Bertz CT molecular complexity index is 544. The van der Waals surface area contributed by atoms with E-state index in [4.69, 9.17) is 5.11 Å². The quantitative estimate of drug-likeness (QED) is 0.876. The molecule has 1 aliphatic rings. The molecule has 0 aliphatic heterocycles. The topological polar surface area (TPSA) is 69.6 Å². The van der Waals surface area contributed by atoms with Gasteiger partial charge in [0, 0.05) is 18.8 Å². The molecule has 0 aromatic heterocycles. The monoisotopic (exact) mass is 294 g/mol. The molecule has 1 fully saturated rings. The maximum Gasteiger partial charge on any atom is 0.338 e. The van der Waals surface area contributed by atoms with Crippen molar-refractivity contribution < 1.29 is 19.1 Å². The zero-order valence-electron chi connectivity index (χ0n) is 11.9. The molecular formula is C15H19FN2O3. The Labute approximate surface area is 122 Å². The molecule has 1 aromatic carbocycles. The number of hydrogen-bond donors (Lipinski definition) is 2. The van der Waals surface area contributed by atoms with Crippen LogP contribution in [0.25, 0.3) is 0 Å². The lowest BCUT2D eigenvalue weighted by molar-refractivity contribution is 0.0692. The van der Waals surface area contributed by atoms with Crippen LogP contribution in [-0.4, -0.2) is 35.1 Å². The second-order valence-electron chi connectivity index (χ2n) is 5.27. The molecule has 1 aliphatic carbocycles. The molecule has 2 rings (SSSR count). The van der Waals surface area contributed by atoms with Crippen LogP contribution in [0.15, 0.2) is 18.2 Å². The number of carbonyl (C=O) groups excluding carboxylic acids is 1. The number of aromatic carboxylic acids is 1. The van der Waals surface area contributed by atoms with Gasteiger partial charge in [0.2, 0.25) is 0 Å². The third kappa shape index (κ3) is 3.71. The van der Waals surface area contributed by atoms with Crippen molar-refractivity contribution >= 4 is 17.7 Å². The first-order valence-electron chi connectivity index (χ1n) is 7.10. The van der Waals surface area contributed by atoms with E-state index in [1.165, 1.54) is 12.5 Å². The summed E-state index contributed by atoms with van der Waals surface area (Å²) in [5.74, 6) is -1.62. The normalized spacial score (nSPS) is 14.4. The Morgan fingerprint density at radius 1 is 1.43 bits per heavy atom. The Balaban J connectivity index is 2.03. The van der Waals surface area contributed by atoms with Crippen molar-refractivity contribution in [2.24, 2.45) is 5.92 Å². The lowest BCUT2D eigenvalue weighted by Gasteiger charge is -2.31. The van der Waals surface area contributed by atoms with Gasteiger partial charge in [0.25, 0.3) is 0 Å². The van der Waals surface area contributed by atoms with Crippen molar-refractivity contribution in [1.82, 2.24) is 4.90 Å². The number of benzene rings is 1. The molecule has 0 radical (unpaired) electrons. The van der Waals surface area contributed by atoms with Crippen LogP contribution in [-0.2, 0) is 0 Å². The lowest BCUT2D eigenvalue weighted by Crippen LogP contribution is -2.39. The fourth-order valence-corrected chi connectivity index (χ4v) is 2.31. The van der Waals surface area contributed by atoms with Gasteiger partial charge in [0.05, 0.1) is 5.56 Å². The summed E-state index contributed by atoms with van der Waals surface area (Å²) in [5.41, 5.74) is -0.166. The second kappa shape index (κ2) is 6.56. The summed E-state index contributed by atoms with van der Waals surface area (Å²) in [6, 6.07) is 3.25. The maximum absolute atomic E-state index is 13.3. The molecule has 0 heterocycles. The molecule has 1 aromatic rings. The van der Waals surface area contributed by atoms with Crippen LogP contribution in [0, 0.1) is 11.7 Å². The van der Waals surface area contributed by atoms with Crippen LogP contribution in [0.1, 0.15) is 36.5 Å². The van der Waals surface area contributed by atoms with Crippen molar-refractivity contribution in [3.63, 3.8) is 0 Å². The van der Waals surface area contributed by atoms with Crippen LogP contribution in [0.5, 0.6) is 0 Å². The van der Waals surface area contributed by atoms with Gasteiger partial charge in [-0.1, -0.05) is 6.42 Å². The molecule has 0 spiro atoms. The number of carboxylic acids is 1. The minimum absolute atomic E-state index is 0.283. The molecule has 114 valence electrons. The fraction of sp³-hybridized carbons (Fsp3) is 0.467. The average molecular weight is 294 g/mol. The van der Waals surface area contributed by atoms with Crippen molar-refractivity contribution in [1.29, 1.82) is 0 Å². The first-order chi connectivity index (χ1) is 10.0. The van der Waals surface area contributed by atoms with Crippen LogP contribution >= 0.6 is 0 Å². The number of anilines is 1. The minimum atomic E-state index is -1.36. The van der Waals surface area contributed by atoms with Gasteiger partial charge < -0.3 is 15.3 Å². The van der Waals surface area contributed by atoms with Crippen LogP contribution in [0.2, 0.25) is 0 Å². The van der Waals surface area contributed by atoms with Gasteiger partial charge in [0.15, 0.2) is 0 Å². The van der Waals surface area contributed by atoms with Gasteiger partial charge in [-0.2, -0.15) is 0 Å². The predicted octanol–water partition coefficient (Wildman–Crippen LogP) is 3.18. The Morgan fingerprint density at radius 2 is 2.14 bits per heavy atom. The second-order valence-corrected chi connectivity index (χ2v) is 5.27. The highest BCUT2D eigenvalue weighted by molar-refractivity contribution is 5.93. The molecule has 2 amide bonds. The first-order valence-corrected chi connectivity index (χ1v) is 7.10. The fourth-order valence-electron chi connectivity index (χ4n) is 2.31. The van der Waals surface area contributed by atoms with Crippen LogP contribution in [0.4, 0.5) is 14.9 Å². The van der Waals surface area contributed by atoms with E-state index in [9.17, 15) is 14.0 Å². The SMILES string of the molecule is CCN(CC1CCC1)C(=O)Nc1ccc(F)c(C(=O)O)c1. The van der Waals surface area contributed by atoms with Gasteiger partial charge in [0.1, 0.15) is 5.82 Å². The average Bonchev–Trinajstić information content (AvgIpc) is 2.39. The Kier molecular flexibility index (Phi) is 4.77. The highest BCUT2D eigenvalue weighted by Crippen LogP contribution is 2.27. The van der Waals surface area contributed by atoms with E-state index < -0.39 is 17.3 Å². The maximum atomic E-state index is 13.3. The highest BCUT2D eigenvalue weighted by Gasteiger charge is 2.23. The summed E-state index contributed by atoms with van der Waals surface area (Å²) >= 11 is 0. The van der Waals surface area contributed by atoms with Crippen molar-refractivity contribution in [3.05, 3.63) is 29.6 Å². The predicted molar refractivity (Wildman–Crippen MR) is 77.0 cm³/mol. The zero-order chi connectivity index (χ0) is 15.4.